The first-order valence-corrected chi connectivity index (χ1v) is 7.28. The van der Waals surface area contributed by atoms with E-state index in [-0.39, 0.29) is 10.9 Å². The monoisotopic (exact) mass is 285 g/mol. The van der Waals surface area contributed by atoms with Gasteiger partial charge in [0.2, 0.25) is 5.91 Å². The van der Waals surface area contributed by atoms with Crippen LogP contribution in [0.4, 0.5) is 5.13 Å². The van der Waals surface area contributed by atoms with Gasteiger partial charge >= 0.3 is 0 Å². The highest BCUT2D eigenvalue weighted by atomic mass is 32.1. The molecule has 0 fully saturated rings. The van der Waals surface area contributed by atoms with E-state index in [1.165, 1.54) is 11.3 Å². The first kappa shape index (κ1) is 15.0. The van der Waals surface area contributed by atoms with Crippen molar-refractivity contribution in [1.82, 2.24) is 4.98 Å². The summed E-state index contributed by atoms with van der Waals surface area (Å²) in [5.74, 6) is -0.556. The van der Waals surface area contributed by atoms with Crippen molar-refractivity contribution < 1.29 is 4.79 Å². The lowest BCUT2D eigenvalue weighted by Gasteiger charge is -2.12. The van der Waals surface area contributed by atoms with Crippen LogP contribution >= 0.6 is 23.6 Å². The number of aromatic nitrogens is 1. The Bertz CT molecular complexity index is 443. The van der Waals surface area contributed by atoms with Gasteiger partial charge in [0.1, 0.15) is 0 Å². The molecule has 6 heteroatoms. The molecule has 0 saturated carbocycles. The summed E-state index contributed by atoms with van der Waals surface area (Å²) in [6.45, 7) is 6.05. The van der Waals surface area contributed by atoms with Crippen molar-refractivity contribution in [3.63, 3.8) is 0 Å². The normalized spacial score (nSPS) is 12.2. The average Bonchev–Trinajstić information content (AvgIpc) is 2.65. The summed E-state index contributed by atoms with van der Waals surface area (Å²) in [5.41, 5.74) is 6.62. The number of rotatable bonds is 6. The van der Waals surface area contributed by atoms with Gasteiger partial charge in [-0.1, -0.05) is 32.5 Å². The predicted molar refractivity (Wildman–Crippen MR) is 80.0 cm³/mol. The minimum absolute atomic E-state index is 0.152. The molecule has 1 aromatic rings. The molecule has 0 spiro atoms. The zero-order valence-electron chi connectivity index (χ0n) is 10.9. The summed E-state index contributed by atoms with van der Waals surface area (Å²) < 4.78 is 0. The molecule has 1 heterocycles. The van der Waals surface area contributed by atoms with Crippen LogP contribution in [0.15, 0.2) is 0 Å². The number of nitrogens with one attached hydrogen (secondary N) is 1. The fourth-order valence-electron chi connectivity index (χ4n) is 1.69. The van der Waals surface area contributed by atoms with Gasteiger partial charge in [-0.2, -0.15) is 0 Å². The lowest BCUT2D eigenvalue weighted by molar-refractivity contribution is -0.118. The summed E-state index contributed by atoms with van der Waals surface area (Å²) in [6.07, 6.45) is 2.41. The molecule has 1 aromatic heterocycles. The maximum atomic E-state index is 12.0. The molecule has 100 valence electrons. The molecule has 0 aliphatic carbocycles. The summed E-state index contributed by atoms with van der Waals surface area (Å²) >= 11 is 6.42. The molecule has 1 atom stereocenters. The van der Waals surface area contributed by atoms with Gasteiger partial charge in [0.25, 0.3) is 0 Å². The van der Waals surface area contributed by atoms with E-state index in [0.29, 0.717) is 11.6 Å². The minimum Gasteiger partial charge on any atom is -0.393 e. The van der Waals surface area contributed by atoms with Gasteiger partial charge in [0, 0.05) is 4.88 Å². The Morgan fingerprint density at radius 1 is 1.56 bits per heavy atom. The van der Waals surface area contributed by atoms with Gasteiger partial charge in [-0.25, -0.2) is 4.98 Å². The molecule has 18 heavy (non-hydrogen) atoms. The van der Waals surface area contributed by atoms with Gasteiger partial charge in [-0.05, 0) is 19.8 Å². The molecule has 0 saturated heterocycles. The summed E-state index contributed by atoms with van der Waals surface area (Å²) in [5, 5.41) is 3.44. The molecule has 0 bridgehead atoms. The van der Waals surface area contributed by atoms with E-state index in [1.54, 1.807) is 0 Å². The van der Waals surface area contributed by atoms with E-state index in [0.717, 1.165) is 23.4 Å². The van der Waals surface area contributed by atoms with E-state index >= 15 is 0 Å². The van der Waals surface area contributed by atoms with Gasteiger partial charge < -0.3 is 11.1 Å². The number of thiazole rings is 1. The number of hydrogen-bond donors (Lipinski definition) is 2. The average molecular weight is 285 g/mol. The van der Waals surface area contributed by atoms with Gasteiger partial charge in [0.05, 0.1) is 16.6 Å². The first-order valence-electron chi connectivity index (χ1n) is 6.06. The third-order valence-corrected chi connectivity index (χ3v) is 3.91. The standard InChI is InChI=1S/C12H19N3OS2/c1-4-6-8(10(13)17)11(16)15-12-14-9(5-2)7(3)18-12/h8H,4-6H2,1-3H3,(H2,13,17)(H,14,15,16). The lowest BCUT2D eigenvalue weighted by Crippen LogP contribution is -2.33. The SMILES string of the molecule is CCCC(C(=O)Nc1nc(CC)c(C)s1)C(N)=S. The van der Waals surface area contributed by atoms with Crippen LogP contribution < -0.4 is 11.1 Å². The Balaban J connectivity index is 2.75. The highest BCUT2D eigenvalue weighted by Gasteiger charge is 2.21. The first-order chi connectivity index (χ1) is 8.49. The lowest BCUT2D eigenvalue weighted by atomic mass is 10.0. The van der Waals surface area contributed by atoms with Gasteiger partial charge in [-0.15, -0.1) is 11.3 Å². The smallest absolute Gasteiger partial charge is 0.236 e. The molecular formula is C12H19N3OS2. The number of hydrogen-bond acceptors (Lipinski definition) is 4. The topological polar surface area (TPSA) is 68.0 Å². The van der Waals surface area contributed by atoms with E-state index < -0.39 is 5.92 Å². The highest BCUT2D eigenvalue weighted by molar-refractivity contribution is 7.80. The molecule has 1 rings (SSSR count). The van der Waals surface area contributed by atoms with Crippen LogP contribution in [0.2, 0.25) is 0 Å². The molecule has 4 nitrogen and oxygen atoms in total. The molecule has 3 N–H and O–H groups in total. The number of aryl methyl sites for hydroxylation is 2. The third kappa shape index (κ3) is 3.74. The summed E-state index contributed by atoms with van der Waals surface area (Å²) in [7, 11) is 0. The third-order valence-electron chi connectivity index (χ3n) is 2.69. The second-order valence-electron chi connectivity index (χ2n) is 4.11. The Morgan fingerprint density at radius 2 is 2.22 bits per heavy atom. The van der Waals surface area contributed by atoms with Crippen LogP contribution in [-0.4, -0.2) is 15.9 Å². The fraction of sp³-hybridized carbons (Fsp3) is 0.583. The van der Waals surface area contributed by atoms with Crippen LogP contribution in [0.3, 0.4) is 0 Å². The Hall–Kier alpha value is -1.01. The Morgan fingerprint density at radius 3 is 2.67 bits per heavy atom. The van der Waals surface area contributed by atoms with Crippen molar-refractivity contribution in [3.8, 4) is 0 Å². The van der Waals surface area contributed by atoms with E-state index in [1.807, 2.05) is 20.8 Å². The fourth-order valence-corrected chi connectivity index (χ4v) is 2.82. The summed E-state index contributed by atoms with van der Waals surface area (Å²) in [4.78, 5) is 17.8. The molecule has 1 amide bonds. The zero-order valence-corrected chi connectivity index (χ0v) is 12.6. The number of amides is 1. The van der Waals surface area contributed by atoms with Crippen molar-refractivity contribution >= 4 is 39.6 Å². The van der Waals surface area contributed by atoms with Crippen molar-refractivity contribution in [2.24, 2.45) is 11.7 Å². The highest BCUT2D eigenvalue weighted by Crippen LogP contribution is 2.23. The van der Waals surface area contributed by atoms with E-state index in [2.05, 4.69) is 10.3 Å². The quantitative estimate of drug-likeness (QED) is 0.789. The Kier molecular flexibility index (Phi) is 5.68. The van der Waals surface area contributed by atoms with Crippen molar-refractivity contribution in [2.75, 3.05) is 5.32 Å². The van der Waals surface area contributed by atoms with E-state index in [4.69, 9.17) is 18.0 Å². The van der Waals surface area contributed by atoms with Crippen LogP contribution in [0, 0.1) is 12.8 Å². The summed E-state index contributed by atoms with van der Waals surface area (Å²) in [6, 6.07) is 0. The molecular weight excluding hydrogens is 266 g/mol. The molecule has 0 aromatic carbocycles. The van der Waals surface area contributed by atoms with Crippen molar-refractivity contribution in [1.29, 1.82) is 0 Å². The predicted octanol–water partition coefficient (Wildman–Crippen LogP) is 2.65. The maximum absolute atomic E-state index is 12.0. The number of thiocarbonyl (C=S) groups is 1. The van der Waals surface area contributed by atoms with Crippen molar-refractivity contribution in [3.05, 3.63) is 10.6 Å². The minimum atomic E-state index is -0.403. The molecule has 0 radical (unpaired) electrons. The molecule has 0 aliphatic rings. The van der Waals surface area contributed by atoms with Gasteiger partial charge in [-0.3, -0.25) is 4.79 Å². The molecule has 0 aliphatic heterocycles. The second-order valence-corrected chi connectivity index (χ2v) is 5.78. The van der Waals surface area contributed by atoms with E-state index in [9.17, 15) is 4.79 Å². The number of nitrogens with zero attached hydrogens (tertiary/aromatic N) is 1. The van der Waals surface area contributed by atoms with Crippen molar-refractivity contribution in [2.45, 2.75) is 40.0 Å². The largest absolute Gasteiger partial charge is 0.393 e. The Labute approximate surface area is 117 Å². The molecule has 1 unspecified atom stereocenters. The van der Waals surface area contributed by atoms with Crippen LogP contribution in [-0.2, 0) is 11.2 Å². The maximum Gasteiger partial charge on any atom is 0.236 e. The number of anilines is 1. The zero-order chi connectivity index (χ0) is 13.7. The van der Waals surface area contributed by atoms with Gasteiger partial charge in [0.15, 0.2) is 5.13 Å². The number of carbonyl (C=O) groups is 1. The number of nitrogens with two attached hydrogens (primary N) is 1. The van der Waals surface area contributed by atoms with Crippen LogP contribution in [0.1, 0.15) is 37.3 Å². The van der Waals surface area contributed by atoms with Crippen LogP contribution in [0.5, 0.6) is 0 Å². The van der Waals surface area contributed by atoms with Crippen LogP contribution in [0.25, 0.3) is 0 Å². The number of carbonyl (C=O) groups excluding carboxylic acids is 1. The second kappa shape index (κ2) is 6.80.